The molecule has 1 aliphatic rings. The Kier molecular flexibility index (Phi) is 5.91. The van der Waals surface area contributed by atoms with Crippen LogP contribution in [0.4, 0.5) is 0 Å². The maximum Gasteiger partial charge on any atom is 0.240 e. The molecule has 3 unspecified atom stereocenters. The maximum absolute atomic E-state index is 6.95. The topological polar surface area (TPSA) is 9.23 Å². The van der Waals surface area contributed by atoms with Gasteiger partial charge < -0.3 is 4.43 Å². The van der Waals surface area contributed by atoms with Crippen molar-refractivity contribution in [1.82, 2.24) is 0 Å². The monoisotopic (exact) mass is 338 g/mol. The predicted molar refractivity (Wildman–Crippen MR) is 106 cm³/mol. The van der Waals surface area contributed by atoms with Crippen LogP contribution in [-0.4, -0.2) is 15.1 Å². The average molecular weight is 339 g/mol. The standard InChI is InChI=1S/C22H30OSi/c1-17(2)21-15-14-18(3)16-22(21)23-24(19-10-6-4-7-11-19)20-12-8-5-9-13-20/h4-13,17-18,21-22,24H,14-16H2,1-3H3. The molecule has 0 radical (unpaired) electrons. The molecule has 2 aromatic rings. The summed E-state index contributed by atoms with van der Waals surface area (Å²) in [6.45, 7) is 7.10. The number of rotatable bonds is 5. The van der Waals surface area contributed by atoms with Crippen LogP contribution < -0.4 is 10.4 Å². The SMILES string of the molecule is CC1CCC(C(C)C)C(O[SiH](c2ccccc2)c2ccccc2)C1. The summed E-state index contributed by atoms with van der Waals surface area (Å²) >= 11 is 0. The first kappa shape index (κ1) is 17.4. The van der Waals surface area contributed by atoms with Crippen molar-refractivity contribution in [3.63, 3.8) is 0 Å². The highest BCUT2D eigenvalue weighted by Gasteiger charge is 2.34. The van der Waals surface area contributed by atoms with Crippen molar-refractivity contribution < 1.29 is 4.43 Å². The Labute approximate surface area is 148 Å². The highest BCUT2D eigenvalue weighted by molar-refractivity contribution is 6.80. The summed E-state index contributed by atoms with van der Waals surface area (Å²) in [5.41, 5.74) is 0. The smallest absolute Gasteiger partial charge is 0.240 e. The Morgan fingerprint density at radius 2 is 1.42 bits per heavy atom. The van der Waals surface area contributed by atoms with Crippen LogP contribution in [-0.2, 0) is 4.43 Å². The van der Waals surface area contributed by atoms with Gasteiger partial charge in [-0.05, 0) is 41.0 Å². The molecule has 24 heavy (non-hydrogen) atoms. The van der Waals surface area contributed by atoms with Crippen molar-refractivity contribution in [2.75, 3.05) is 0 Å². The van der Waals surface area contributed by atoms with Crippen molar-refractivity contribution in [2.24, 2.45) is 17.8 Å². The summed E-state index contributed by atoms with van der Waals surface area (Å²) in [5, 5.41) is 2.79. The molecule has 0 spiro atoms. The third kappa shape index (κ3) is 4.17. The second kappa shape index (κ2) is 8.13. The molecule has 0 aromatic heterocycles. The van der Waals surface area contributed by atoms with Gasteiger partial charge in [0.1, 0.15) is 0 Å². The first-order chi connectivity index (χ1) is 11.6. The van der Waals surface area contributed by atoms with E-state index in [-0.39, 0.29) is 0 Å². The highest BCUT2D eigenvalue weighted by Crippen LogP contribution is 2.35. The molecule has 2 heteroatoms. The van der Waals surface area contributed by atoms with E-state index in [2.05, 4.69) is 81.4 Å². The van der Waals surface area contributed by atoms with E-state index < -0.39 is 9.04 Å². The second-order valence-electron chi connectivity index (χ2n) is 7.70. The molecule has 0 heterocycles. The Morgan fingerprint density at radius 1 is 0.875 bits per heavy atom. The largest absolute Gasteiger partial charge is 0.408 e. The lowest BCUT2D eigenvalue weighted by Gasteiger charge is -2.39. The molecule has 1 nitrogen and oxygen atoms in total. The van der Waals surface area contributed by atoms with Gasteiger partial charge in [-0.3, -0.25) is 0 Å². The van der Waals surface area contributed by atoms with Crippen molar-refractivity contribution in [3.05, 3.63) is 60.7 Å². The van der Waals surface area contributed by atoms with Crippen LogP contribution >= 0.6 is 0 Å². The summed E-state index contributed by atoms with van der Waals surface area (Å²) in [7, 11) is -1.63. The van der Waals surface area contributed by atoms with Gasteiger partial charge in [0.05, 0.1) is 0 Å². The van der Waals surface area contributed by atoms with Crippen LogP contribution in [0.3, 0.4) is 0 Å². The first-order valence-electron chi connectivity index (χ1n) is 9.40. The molecular weight excluding hydrogens is 308 g/mol. The Bertz CT molecular complexity index is 571. The minimum atomic E-state index is -1.63. The normalized spacial score (nSPS) is 24.5. The van der Waals surface area contributed by atoms with Crippen LogP contribution in [0, 0.1) is 17.8 Å². The van der Waals surface area contributed by atoms with Gasteiger partial charge in [0.15, 0.2) is 0 Å². The quantitative estimate of drug-likeness (QED) is 0.749. The molecule has 0 amide bonds. The lowest BCUT2D eigenvalue weighted by molar-refractivity contribution is 0.0475. The van der Waals surface area contributed by atoms with Gasteiger partial charge in [-0.2, -0.15) is 0 Å². The zero-order valence-corrected chi connectivity index (χ0v) is 16.3. The summed E-state index contributed by atoms with van der Waals surface area (Å²) in [5.74, 6) is 2.18. The summed E-state index contributed by atoms with van der Waals surface area (Å²) in [6, 6.07) is 21.8. The molecule has 2 aromatic carbocycles. The fraction of sp³-hybridized carbons (Fsp3) is 0.455. The minimum absolute atomic E-state index is 0.408. The fourth-order valence-electron chi connectivity index (χ4n) is 4.05. The van der Waals surface area contributed by atoms with E-state index in [0.717, 1.165) is 5.92 Å². The van der Waals surface area contributed by atoms with Gasteiger partial charge >= 0.3 is 0 Å². The summed E-state index contributed by atoms with van der Waals surface area (Å²) in [4.78, 5) is 0. The molecule has 1 aliphatic carbocycles. The number of hydrogen-bond acceptors (Lipinski definition) is 1. The third-order valence-electron chi connectivity index (χ3n) is 5.48. The Hall–Kier alpha value is -1.38. The molecule has 1 fully saturated rings. The Morgan fingerprint density at radius 3 is 1.92 bits per heavy atom. The van der Waals surface area contributed by atoms with Crippen LogP contribution in [0.2, 0.25) is 0 Å². The van der Waals surface area contributed by atoms with Gasteiger partial charge in [-0.1, -0.05) is 87.9 Å². The molecule has 0 aliphatic heterocycles. The fourth-order valence-corrected chi connectivity index (χ4v) is 6.56. The second-order valence-corrected chi connectivity index (χ2v) is 10.1. The molecular formula is C22H30OSi. The van der Waals surface area contributed by atoms with E-state index in [1.807, 2.05) is 0 Å². The molecule has 0 saturated heterocycles. The number of benzene rings is 2. The van der Waals surface area contributed by atoms with Gasteiger partial charge in [0.25, 0.3) is 0 Å². The van der Waals surface area contributed by atoms with Crippen LogP contribution in [0.5, 0.6) is 0 Å². The maximum atomic E-state index is 6.95. The van der Waals surface area contributed by atoms with Crippen molar-refractivity contribution in [3.8, 4) is 0 Å². The minimum Gasteiger partial charge on any atom is -0.408 e. The molecule has 3 rings (SSSR count). The van der Waals surface area contributed by atoms with Gasteiger partial charge in [-0.25, -0.2) is 0 Å². The van der Waals surface area contributed by atoms with E-state index in [1.54, 1.807) is 0 Å². The van der Waals surface area contributed by atoms with E-state index >= 15 is 0 Å². The summed E-state index contributed by atoms with van der Waals surface area (Å²) < 4.78 is 6.95. The van der Waals surface area contributed by atoms with E-state index in [0.29, 0.717) is 17.9 Å². The van der Waals surface area contributed by atoms with Gasteiger partial charge in [-0.15, -0.1) is 0 Å². The van der Waals surface area contributed by atoms with Crippen LogP contribution in [0.15, 0.2) is 60.7 Å². The highest BCUT2D eigenvalue weighted by atomic mass is 28.3. The van der Waals surface area contributed by atoms with Gasteiger partial charge in [0, 0.05) is 6.10 Å². The van der Waals surface area contributed by atoms with Crippen molar-refractivity contribution in [2.45, 2.75) is 46.1 Å². The summed E-state index contributed by atoms with van der Waals surface area (Å²) in [6.07, 6.45) is 4.29. The van der Waals surface area contributed by atoms with Gasteiger partial charge in [0.2, 0.25) is 9.04 Å². The zero-order valence-electron chi connectivity index (χ0n) is 15.2. The third-order valence-corrected chi connectivity index (χ3v) is 8.08. The molecule has 0 N–H and O–H groups in total. The van der Waals surface area contributed by atoms with Crippen LogP contribution in [0.25, 0.3) is 0 Å². The zero-order chi connectivity index (χ0) is 16.9. The Balaban J connectivity index is 1.88. The molecule has 0 bridgehead atoms. The van der Waals surface area contributed by atoms with Crippen LogP contribution in [0.1, 0.15) is 40.0 Å². The first-order valence-corrected chi connectivity index (χ1v) is 11.0. The lowest BCUT2D eigenvalue weighted by Crippen LogP contribution is -2.50. The average Bonchev–Trinajstić information content (AvgIpc) is 2.61. The van der Waals surface area contributed by atoms with Crippen molar-refractivity contribution in [1.29, 1.82) is 0 Å². The van der Waals surface area contributed by atoms with Crippen molar-refractivity contribution >= 4 is 19.4 Å². The molecule has 128 valence electrons. The lowest BCUT2D eigenvalue weighted by atomic mass is 9.75. The van der Waals surface area contributed by atoms with E-state index in [1.165, 1.54) is 29.6 Å². The number of hydrogen-bond donors (Lipinski definition) is 0. The van der Waals surface area contributed by atoms with E-state index in [4.69, 9.17) is 4.43 Å². The predicted octanol–water partition coefficient (Wildman–Crippen LogP) is 4.00. The molecule has 1 saturated carbocycles. The van der Waals surface area contributed by atoms with E-state index in [9.17, 15) is 0 Å². The molecule has 3 atom stereocenters.